The van der Waals surface area contributed by atoms with E-state index in [4.69, 9.17) is 5.73 Å². The van der Waals surface area contributed by atoms with Gasteiger partial charge in [-0.25, -0.2) is 9.97 Å². The SMILES string of the molecule is CN(C)C=C(C=O)C=O.Nc1ncc(C=O)cn1. The normalized spacial score (nSPS) is 8.33. The number of carbonyl (C=O) groups excluding carboxylic acids is 3. The van der Waals surface area contributed by atoms with Crippen molar-refractivity contribution in [2.75, 3.05) is 19.8 Å². The summed E-state index contributed by atoms with van der Waals surface area (Å²) >= 11 is 0. The van der Waals surface area contributed by atoms with E-state index >= 15 is 0 Å². The zero-order valence-corrected chi connectivity index (χ0v) is 10.1. The van der Waals surface area contributed by atoms with Gasteiger partial charge in [0.05, 0.1) is 11.1 Å². The van der Waals surface area contributed by atoms with E-state index in [-0.39, 0.29) is 11.5 Å². The highest BCUT2D eigenvalue weighted by atomic mass is 16.1. The van der Waals surface area contributed by atoms with E-state index in [2.05, 4.69) is 9.97 Å². The predicted molar refractivity (Wildman–Crippen MR) is 65.7 cm³/mol. The van der Waals surface area contributed by atoms with Crippen molar-refractivity contribution < 1.29 is 14.4 Å². The van der Waals surface area contributed by atoms with Crippen molar-refractivity contribution in [3.8, 4) is 0 Å². The average molecular weight is 250 g/mol. The number of nitrogen functional groups attached to an aromatic ring is 1. The molecular weight excluding hydrogens is 236 g/mol. The molecule has 0 atom stereocenters. The Morgan fingerprint density at radius 3 is 1.94 bits per heavy atom. The van der Waals surface area contributed by atoms with Gasteiger partial charge < -0.3 is 10.6 Å². The maximum absolute atomic E-state index is 10.00. The molecule has 0 radical (unpaired) electrons. The molecule has 0 bridgehead atoms. The fraction of sp³-hybridized carbons (Fsp3) is 0.182. The third-order valence-corrected chi connectivity index (χ3v) is 1.51. The Hall–Kier alpha value is -2.57. The van der Waals surface area contributed by atoms with Gasteiger partial charge in [0, 0.05) is 32.7 Å². The summed E-state index contributed by atoms with van der Waals surface area (Å²) in [5.74, 6) is 0.181. The molecule has 7 heteroatoms. The molecule has 7 nitrogen and oxygen atoms in total. The zero-order valence-electron chi connectivity index (χ0n) is 10.1. The highest BCUT2D eigenvalue weighted by Crippen LogP contribution is 1.90. The molecule has 0 aliphatic rings. The van der Waals surface area contributed by atoms with Crippen LogP contribution in [-0.2, 0) is 9.59 Å². The number of carbonyl (C=O) groups is 3. The number of nitrogens with two attached hydrogens (primary N) is 1. The standard InChI is InChI=1S/C6H9NO2.C5H5N3O/c1-7(2)3-6(4-8)5-9;6-5-7-1-4(3-9)2-8-5/h3-5H,1-2H3;1-3H,(H2,6,7,8). The maximum atomic E-state index is 10.00. The Kier molecular flexibility index (Phi) is 7.34. The molecule has 0 aliphatic carbocycles. The van der Waals surface area contributed by atoms with Crippen molar-refractivity contribution in [2.24, 2.45) is 0 Å². The molecule has 1 aromatic heterocycles. The van der Waals surface area contributed by atoms with Gasteiger partial charge in [0.25, 0.3) is 0 Å². The number of anilines is 1. The van der Waals surface area contributed by atoms with Gasteiger partial charge in [-0.2, -0.15) is 0 Å². The summed E-state index contributed by atoms with van der Waals surface area (Å²) in [7, 11) is 3.49. The van der Waals surface area contributed by atoms with Crippen LogP contribution in [0.5, 0.6) is 0 Å². The van der Waals surface area contributed by atoms with Crippen LogP contribution >= 0.6 is 0 Å². The van der Waals surface area contributed by atoms with Crippen molar-refractivity contribution >= 4 is 24.8 Å². The summed E-state index contributed by atoms with van der Waals surface area (Å²) in [6.45, 7) is 0. The fourth-order valence-electron chi connectivity index (χ4n) is 0.796. The molecule has 18 heavy (non-hydrogen) atoms. The average Bonchev–Trinajstić information content (AvgIpc) is 2.37. The Morgan fingerprint density at radius 1 is 1.17 bits per heavy atom. The smallest absolute Gasteiger partial charge is 0.219 e. The van der Waals surface area contributed by atoms with Gasteiger partial charge in [0.2, 0.25) is 5.95 Å². The largest absolute Gasteiger partial charge is 0.383 e. The molecular formula is C11H14N4O3. The van der Waals surface area contributed by atoms with Gasteiger partial charge in [-0.15, -0.1) is 0 Å². The highest BCUT2D eigenvalue weighted by Gasteiger charge is 1.89. The van der Waals surface area contributed by atoms with Crippen molar-refractivity contribution in [1.82, 2.24) is 14.9 Å². The summed E-state index contributed by atoms with van der Waals surface area (Å²) < 4.78 is 0. The Morgan fingerprint density at radius 2 is 1.67 bits per heavy atom. The van der Waals surface area contributed by atoms with E-state index in [1.54, 1.807) is 19.0 Å². The first-order valence-corrected chi connectivity index (χ1v) is 4.84. The number of hydrogen-bond donors (Lipinski definition) is 1. The van der Waals surface area contributed by atoms with Crippen LogP contribution in [0.1, 0.15) is 10.4 Å². The molecule has 0 fully saturated rings. The number of allylic oxidation sites excluding steroid dienone is 1. The third kappa shape index (κ3) is 6.83. The third-order valence-electron chi connectivity index (χ3n) is 1.51. The predicted octanol–water partition coefficient (Wildman–Crippen LogP) is -0.299. The minimum absolute atomic E-state index is 0.153. The van der Waals surface area contributed by atoms with Crippen LogP contribution in [0, 0.1) is 0 Å². The van der Waals surface area contributed by atoms with Crippen molar-refractivity contribution in [3.05, 3.63) is 29.7 Å². The fourth-order valence-corrected chi connectivity index (χ4v) is 0.796. The van der Waals surface area contributed by atoms with Gasteiger partial charge in [0.1, 0.15) is 0 Å². The van der Waals surface area contributed by atoms with Gasteiger partial charge in [-0.1, -0.05) is 0 Å². The van der Waals surface area contributed by atoms with Gasteiger partial charge in [-0.05, 0) is 0 Å². The van der Waals surface area contributed by atoms with E-state index in [0.717, 1.165) is 0 Å². The van der Waals surface area contributed by atoms with E-state index < -0.39 is 0 Å². The molecule has 0 saturated heterocycles. The Balaban J connectivity index is 0.000000321. The molecule has 1 aromatic rings. The summed E-state index contributed by atoms with van der Waals surface area (Å²) in [5, 5.41) is 0. The lowest BCUT2D eigenvalue weighted by Crippen LogP contribution is -2.03. The quantitative estimate of drug-likeness (QED) is 0.338. The highest BCUT2D eigenvalue weighted by molar-refractivity contribution is 5.98. The first kappa shape index (κ1) is 15.4. The summed E-state index contributed by atoms with van der Waals surface area (Å²) in [4.78, 5) is 38.7. The van der Waals surface area contributed by atoms with Crippen molar-refractivity contribution in [3.63, 3.8) is 0 Å². The summed E-state index contributed by atoms with van der Waals surface area (Å²) in [6, 6.07) is 0. The van der Waals surface area contributed by atoms with Crippen LogP contribution < -0.4 is 5.73 Å². The minimum atomic E-state index is 0.153. The first-order chi connectivity index (χ1) is 8.53. The molecule has 0 aromatic carbocycles. The monoisotopic (exact) mass is 250 g/mol. The molecule has 2 N–H and O–H groups in total. The maximum Gasteiger partial charge on any atom is 0.219 e. The molecule has 0 aliphatic heterocycles. The van der Waals surface area contributed by atoms with Crippen LogP contribution in [-0.4, -0.2) is 47.8 Å². The summed E-state index contributed by atoms with van der Waals surface area (Å²) in [5.41, 5.74) is 5.73. The topological polar surface area (TPSA) is 106 Å². The van der Waals surface area contributed by atoms with Crippen molar-refractivity contribution in [1.29, 1.82) is 0 Å². The van der Waals surface area contributed by atoms with Crippen LogP contribution in [0.15, 0.2) is 24.2 Å². The molecule has 0 amide bonds. The van der Waals surface area contributed by atoms with E-state index in [0.29, 0.717) is 24.4 Å². The lowest BCUT2D eigenvalue weighted by molar-refractivity contribution is -0.109. The van der Waals surface area contributed by atoms with E-state index in [9.17, 15) is 14.4 Å². The zero-order chi connectivity index (χ0) is 14.0. The van der Waals surface area contributed by atoms with Crippen molar-refractivity contribution in [2.45, 2.75) is 0 Å². The van der Waals surface area contributed by atoms with Crippen LogP contribution in [0.4, 0.5) is 5.95 Å². The lowest BCUT2D eigenvalue weighted by atomic mass is 10.3. The number of aldehydes is 3. The van der Waals surface area contributed by atoms with Gasteiger partial charge in [0.15, 0.2) is 18.9 Å². The van der Waals surface area contributed by atoms with Gasteiger partial charge >= 0.3 is 0 Å². The van der Waals surface area contributed by atoms with Gasteiger partial charge in [-0.3, -0.25) is 14.4 Å². The molecule has 96 valence electrons. The molecule has 1 rings (SSSR count). The van der Waals surface area contributed by atoms with E-state index in [1.165, 1.54) is 18.6 Å². The minimum Gasteiger partial charge on any atom is -0.383 e. The number of aromatic nitrogens is 2. The Bertz CT molecular complexity index is 416. The number of nitrogens with zero attached hydrogens (tertiary/aromatic N) is 3. The van der Waals surface area contributed by atoms with Crippen LogP contribution in [0.25, 0.3) is 0 Å². The van der Waals surface area contributed by atoms with Crippen LogP contribution in [0.2, 0.25) is 0 Å². The second-order valence-electron chi connectivity index (χ2n) is 3.32. The molecule has 0 spiro atoms. The van der Waals surface area contributed by atoms with E-state index in [1.807, 2.05) is 0 Å². The lowest BCUT2D eigenvalue weighted by Gasteiger charge is -2.02. The molecule has 0 unspecified atom stereocenters. The molecule has 1 heterocycles. The number of rotatable bonds is 4. The first-order valence-electron chi connectivity index (χ1n) is 4.84. The molecule has 0 saturated carbocycles. The summed E-state index contributed by atoms with van der Waals surface area (Å²) in [6.07, 6.45) is 5.91. The Labute approximate surface area is 104 Å². The number of hydrogen-bond acceptors (Lipinski definition) is 7. The second-order valence-corrected chi connectivity index (χ2v) is 3.32. The second kappa shape index (κ2) is 8.57. The van der Waals surface area contributed by atoms with Crippen LogP contribution in [0.3, 0.4) is 0 Å².